The molecule has 12 heteroatoms. The van der Waals surface area contributed by atoms with Crippen LogP contribution in [-0.4, -0.2) is 127 Å². The third-order valence-electron chi connectivity index (χ3n) is 10.00. The average Bonchev–Trinajstić information content (AvgIpc) is 3.01. The van der Waals surface area contributed by atoms with Gasteiger partial charge >= 0.3 is 11.9 Å². The molecule has 0 spiro atoms. The number of nitrogens with one attached hydrogen (secondary N) is 1. The fourth-order valence-electron chi connectivity index (χ4n) is 6.41. The van der Waals surface area contributed by atoms with E-state index in [2.05, 4.69) is 31.0 Å². The van der Waals surface area contributed by atoms with Gasteiger partial charge in [0.05, 0.1) is 24.8 Å². The van der Waals surface area contributed by atoms with Crippen LogP contribution in [-0.2, 0) is 24.0 Å². The fraction of sp³-hybridized carbons (Fsp3) is 0.865. The number of rotatable bonds is 33. The van der Waals surface area contributed by atoms with Gasteiger partial charge in [0.2, 0.25) is 5.91 Å². The highest BCUT2D eigenvalue weighted by Gasteiger charge is 2.34. The largest absolute Gasteiger partial charge is 0.480 e. The summed E-state index contributed by atoms with van der Waals surface area (Å²) in [6.45, 7) is 9.89. The van der Waals surface area contributed by atoms with Gasteiger partial charge < -0.3 is 20.3 Å². The number of Topliss-reactive ketones (excluding diaryl/α,β-unsaturated/α-hetero) is 1. The lowest BCUT2D eigenvalue weighted by Crippen LogP contribution is -2.50. The zero-order valence-electron chi connectivity index (χ0n) is 31.4. The SMILES string of the molecule is BC(=O)CCCCCCCCCCNC(=O)CCC(C(=O)C1CCC1)N(CCC)CCN(CCN(CCC(C)CC)CC(=O)O)CC(=O)O. The van der Waals surface area contributed by atoms with Gasteiger partial charge in [-0.15, -0.1) is 0 Å². The van der Waals surface area contributed by atoms with Crippen molar-refractivity contribution in [2.75, 3.05) is 58.9 Å². The van der Waals surface area contributed by atoms with Crippen molar-refractivity contribution < 1.29 is 34.2 Å². The molecule has 0 aromatic rings. The molecule has 0 aromatic carbocycles. The Morgan fingerprint density at radius 3 is 1.80 bits per heavy atom. The Morgan fingerprint density at radius 2 is 1.29 bits per heavy atom. The van der Waals surface area contributed by atoms with Gasteiger partial charge in [-0.1, -0.05) is 72.1 Å². The number of carboxylic acids is 2. The van der Waals surface area contributed by atoms with E-state index in [4.69, 9.17) is 0 Å². The van der Waals surface area contributed by atoms with Crippen LogP contribution in [0, 0.1) is 11.8 Å². The molecule has 0 radical (unpaired) electrons. The maximum atomic E-state index is 13.7. The zero-order valence-corrected chi connectivity index (χ0v) is 31.4. The van der Waals surface area contributed by atoms with E-state index in [1.807, 2.05) is 9.80 Å². The molecule has 1 fully saturated rings. The monoisotopic (exact) mass is 693 g/mol. The van der Waals surface area contributed by atoms with Crippen molar-refractivity contribution in [3.8, 4) is 0 Å². The summed E-state index contributed by atoms with van der Waals surface area (Å²) in [5, 5.41) is 22.1. The van der Waals surface area contributed by atoms with Crippen LogP contribution in [0.15, 0.2) is 0 Å². The van der Waals surface area contributed by atoms with Gasteiger partial charge in [0.15, 0.2) is 13.6 Å². The summed E-state index contributed by atoms with van der Waals surface area (Å²) in [5.74, 6) is -1.14. The Hall–Kier alpha value is -2.31. The number of aliphatic carboxylic acids is 2. The van der Waals surface area contributed by atoms with Crippen molar-refractivity contribution in [1.82, 2.24) is 20.0 Å². The Labute approximate surface area is 297 Å². The molecule has 11 nitrogen and oxygen atoms in total. The Balaban J connectivity index is 2.68. The Morgan fingerprint density at radius 1 is 0.735 bits per heavy atom. The minimum atomic E-state index is -0.939. The molecule has 0 aliphatic heterocycles. The topological polar surface area (TPSA) is 148 Å². The van der Waals surface area contributed by atoms with E-state index >= 15 is 0 Å². The quantitative estimate of drug-likeness (QED) is 0.0675. The van der Waals surface area contributed by atoms with E-state index in [-0.39, 0.29) is 48.8 Å². The number of unbranched alkanes of at least 4 members (excludes halogenated alkanes) is 7. The number of ketones is 1. The van der Waals surface area contributed by atoms with E-state index in [1.54, 1.807) is 7.85 Å². The van der Waals surface area contributed by atoms with Crippen molar-refractivity contribution in [3.05, 3.63) is 0 Å². The van der Waals surface area contributed by atoms with Gasteiger partial charge in [-0.05, 0) is 70.4 Å². The second kappa shape index (κ2) is 27.4. The minimum Gasteiger partial charge on any atom is -0.480 e. The number of hydrogen-bond acceptors (Lipinski definition) is 8. The first-order chi connectivity index (χ1) is 23.5. The molecule has 3 N–H and O–H groups in total. The van der Waals surface area contributed by atoms with Crippen molar-refractivity contribution in [3.63, 3.8) is 0 Å². The lowest BCUT2D eigenvalue weighted by molar-refractivity contribution is -0.140. The van der Waals surface area contributed by atoms with Crippen molar-refractivity contribution in [1.29, 1.82) is 0 Å². The van der Waals surface area contributed by atoms with E-state index in [1.165, 1.54) is 19.3 Å². The molecule has 0 bridgehead atoms. The third-order valence-corrected chi connectivity index (χ3v) is 10.00. The fourth-order valence-corrected chi connectivity index (χ4v) is 6.41. The molecule has 0 aromatic heterocycles. The lowest BCUT2D eigenvalue weighted by Gasteiger charge is -2.36. The molecule has 282 valence electrons. The van der Waals surface area contributed by atoms with E-state index in [9.17, 15) is 34.2 Å². The summed E-state index contributed by atoms with van der Waals surface area (Å²) < 4.78 is 0. The van der Waals surface area contributed by atoms with Gasteiger partial charge in [-0.2, -0.15) is 0 Å². The van der Waals surface area contributed by atoms with Gasteiger partial charge in [0, 0.05) is 45.1 Å². The summed E-state index contributed by atoms with van der Waals surface area (Å²) in [6.07, 6.45) is 15.8. The number of hydrogen-bond donors (Lipinski definition) is 3. The first-order valence-corrected chi connectivity index (χ1v) is 19.4. The normalized spacial score (nSPS) is 14.6. The van der Waals surface area contributed by atoms with Crippen molar-refractivity contribution in [2.45, 2.75) is 136 Å². The molecule has 1 aliphatic rings. The molecule has 1 aliphatic carbocycles. The molecule has 2 atom stereocenters. The lowest BCUT2D eigenvalue weighted by atomic mass is 9.78. The maximum Gasteiger partial charge on any atom is 0.317 e. The smallest absolute Gasteiger partial charge is 0.317 e. The molecule has 1 saturated carbocycles. The van der Waals surface area contributed by atoms with Crippen LogP contribution in [0.2, 0.25) is 0 Å². The zero-order chi connectivity index (χ0) is 36.4. The number of carbonyl (C=O) groups is 5. The van der Waals surface area contributed by atoms with Crippen LogP contribution in [0.4, 0.5) is 0 Å². The summed E-state index contributed by atoms with van der Waals surface area (Å²) in [6, 6.07) is -0.378. The van der Waals surface area contributed by atoms with Crippen molar-refractivity contribution >= 4 is 37.2 Å². The average molecular weight is 693 g/mol. The van der Waals surface area contributed by atoms with E-state index in [0.717, 1.165) is 70.6 Å². The van der Waals surface area contributed by atoms with Crippen LogP contribution in [0.1, 0.15) is 130 Å². The second-order valence-corrected chi connectivity index (χ2v) is 14.4. The number of nitrogens with zero attached hydrogens (tertiary/aromatic N) is 3. The van der Waals surface area contributed by atoms with Crippen LogP contribution in [0.3, 0.4) is 0 Å². The molecular formula is C37H69BN4O7. The summed E-state index contributed by atoms with van der Waals surface area (Å²) in [7, 11) is 1.65. The van der Waals surface area contributed by atoms with Crippen molar-refractivity contribution in [2.24, 2.45) is 11.8 Å². The second-order valence-electron chi connectivity index (χ2n) is 14.4. The maximum absolute atomic E-state index is 13.7. The molecule has 1 amide bonds. The summed E-state index contributed by atoms with van der Waals surface area (Å²) in [5.41, 5.74) is 0.267. The van der Waals surface area contributed by atoms with Crippen LogP contribution in [0.25, 0.3) is 0 Å². The standard InChI is InChI=1S/C37H69BN4O7/c1-4-22-42(27-26-41(29-36(47)48)25-24-40(28-35(45)46)23-20-30(3)5-2)32(37(49)31-15-14-16-31)18-19-34(44)39-21-13-11-9-7-6-8-10-12-17-33(38)43/h30-32H,4-29,38H2,1-3H3,(H,39,44)(H,45,46)(H,47,48). The van der Waals surface area contributed by atoms with Gasteiger partial charge in [-0.3, -0.25) is 33.9 Å². The highest BCUT2D eigenvalue weighted by Crippen LogP contribution is 2.30. The van der Waals surface area contributed by atoms with Gasteiger partial charge in [0.1, 0.15) is 0 Å². The Bertz CT molecular complexity index is 965. The predicted molar refractivity (Wildman–Crippen MR) is 198 cm³/mol. The number of amides is 1. The number of carboxylic acid groups (broad SMARTS) is 2. The van der Waals surface area contributed by atoms with Crippen LogP contribution >= 0.6 is 0 Å². The van der Waals surface area contributed by atoms with E-state index < -0.39 is 11.9 Å². The van der Waals surface area contributed by atoms with Gasteiger partial charge in [-0.25, -0.2) is 0 Å². The molecule has 2 unspecified atom stereocenters. The molecule has 0 saturated heterocycles. The highest BCUT2D eigenvalue weighted by molar-refractivity contribution is 6.57. The predicted octanol–water partition coefficient (Wildman–Crippen LogP) is 4.21. The first-order valence-electron chi connectivity index (χ1n) is 19.4. The van der Waals surface area contributed by atoms with Crippen LogP contribution in [0.5, 0.6) is 0 Å². The Kier molecular flexibility index (Phi) is 25.0. The third kappa shape index (κ3) is 22.2. The van der Waals surface area contributed by atoms with E-state index in [0.29, 0.717) is 64.6 Å². The molecule has 49 heavy (non-hydrogen) atoms. The van der Waals surface area contributed by atoms with Gasteiger partial charge in [0.25, 0.3) is 0 Å². The molecular weight excluding hydrogens is 623 g/mol. The number of carbonyl (C=O) groups excluding carboxylic acids is 3. The summed E-state index contributed by atoms with van der Waals surface area (Å²) in [4.78, 5) is 66.7. The summed E-state index contributed by atoms with van der Waals surface area (Å²) >= 11 is 0. The first kappa shape index (κ1) is 44.7. The molecule has 0 heterocycles. The minimum absolute atomic E-state index is 0.0308. The van der Waals surface area contributed by atoms with Crippen LogP contribution < -0.4 is 5.32 Å². The highest BCUT2D eigenvalue weighted by atomic mass is 16.4. The molecule has 1 rings (SSSR count).